The summed E-state index contributed by atoms with van der Waals surface area (Å²) in [5.41, 5.74) is 13.6. The maximum absolute atomic E-state index is 2.42. The zero-order valence-electron chi connectivity index (χ0n) is 31.5. The van der Waals surface area contributed by atoms with Gasteiger partial charge >= 0.3 is 0 Å². The first-order valence-electron chi connectivity index (χ1n) is 19.6. The van der Waals surface area contributed by atoms with Crippen LogP contribution >= 0.6 is 0 Å². The summed E-state index contributed by atoms with van der Waals surface area (Å²) >= 11 is 0. The first-order chi connectivity index (χ1) is 27.5. The average Bonchev–Trinajstić information content (AvgIpc) is 3.49. The van der Waals surface area contributed by atoms with Crippen molar-refractivity contribution >= 4 is 60.2 Å². The standard InChI is InChI=1S/C55H39N/c1-55(2)52-21-10-9-19-48(52)51-35-43(31-33-53(51)55)56(41-27-22-38(23-28-41)45-20-11-15-36-12-3-6-16-44(36)45)42-29-24-39(25-30-42)50-34-40-14-5-7-17-46(40)49-32-26-37-13-4-8-18-47(37)54(49)50/h3-35H,1-2H3. The second-order valence-corrected chi connectivity index (χ2v) is 15.7. The molecule has 0 aromatic heterocycles. The molecule has 0 heterocycles. The van der Waals surface area contributed by atoms with Gasteiger partial charge in [0.25, 0.3) is 0 Å². The summed E-state index contributed by atoms with van der Waals surface area (Å²) in [7, 11) is 0. The fourth-order valence-corrected chi connectivity index (χ4v) is 9.46. The van der Waals surface area contributed by atoms with E-state index >= 15 is 0 Å². The number of fused-ring (bicyclic) bond motifs is 9. The summed E-state index contributed by atoms with van der Waals surface area (Å²) in [5, 5.41) is 10.2. The van der Waals surface area contributed by atoms with Gasteiger partial charge in [-0.05, 0) is 130 Å². The lowest BCUT2D eigenvalue weighted by molar-refractivity contribution is 0.660. The Morgan fingerprint density at radius 1 is 0.321 bits per heavy atom. The van der Waals surface area contributed by atoms with Crippen LogP contribution in [0.25, 0.3) is 76.5 Å². The summed E-state index contributed by atoms with van der Waals surface area (Å²) in [4.78, 5) is 2.42. The Morgan fingerprint density at radius 2 is 0.857 bits per heavy atom. The highest BCUT2D eigenvalue weighted by atomic mass is 15.1. The maximum Gasteiger partial charge on any atom is 0.0468 e. The zero-order valence-corrected chi connectivity index (χ0v) is 31.5. The van der Waals surface area contributed by atoms with Crippen molar-refractivity contribution in [3.63, 3.8) is 0 Å². The normalized spacial score (nSPS) is 13.0. The van der Waals surface area contributed by atoms with Gasteiger partial charge in [-0.1, -0.05) is 172 Å². The highest BCUT2D eigenvalue weighted by Gasteiger charge is 2.35. The van der Waals surface area contributed by atoms with Crippen LogP contribution < -0.4 is 4.90 Å². The lowest BCUT2D eigenvalue weighted by atomic mass is 9.82. The molecule has 1 aliphatic carbocycles. The zero-order chi connectivity index (χ0) is 37.4. The van der Waals surface area contributed by atoms with Crippen LogP contribution in [0.2, 0.25) is 0 Å². The second kappa shape index (κ2) is 12.5. The number of rotatable bonds is 5. The minimum atomic E-state index is -0.0517. The van der Waals surface area contributed by atoms with Crippen molar-refractivity contribution in [2.24, 2.45) is 0 Å². The summed E-state index contributed by atoms with van der Waals surface area (Å²) < 4.78 is 0. The van der Waals surface area contributed by atoms with Crippen LogP contribution in [0.4, 0.5) is 17.1 Å². The van der Waals surface area contributed by atoms with E-state index in [0.29, 0.717) is 0 Å². The molecule has 1 heteroatoms. The molecule has 10 aromatic carbocycles. The Balaban J connectivity index is 1.07. The van der Waals surface area contributed by atoms with Crippen LogP contribution in [-0.2, 0) is 5.41 Å². The molecule has 1 nitrogen and oxygen atoms in total. The third-order valence-corrected chi connectivity index (χ3v) is 12.2. The van der Waals surface area contributed by atoms with Gasteiger partial charge in [0.05, 0.1) is 0 Å². The fourth-order valence-electron chi connectivity index (χ4n) is 9.46. The molecule has 0 atom stereocenters. The van der Waals surface area contributed by atoms with Crippen molar-refractivity contribution in [2.45, 2.75) is 19.3 Å². The first kappa shape index (κ1) is 32.5. The summed E-state index contributed by atoms with van der Waals surface area (Å²) in [5.74, 6) is 0. The van der Waals surface area contributed by atoms with E-state index in [1.807, 2.05) is 0 Å². The smallest absolute Gasteiger partial charge is 0.0468 e. The molecule has 0 bridgehead atoms. The van der Waals surface area contributed by atoms with Crippen LogP contribution in [0.5, 0.6) is 0 Å². The van der Waals surface area contributed by atoms with Crippen molar-refractivity contribution < 1.29 is 0 Å². The summed E-state index contributed by atoms with van der Waals surface area (Å²) in [6.45, 7) is 4.69. The highest BCUT2D eigenvalue weighted by Crippen LogP contribution is 2.51. The lowest BCUT2D eigenvalue weighted by Crippen LogP contribution is -2.15. The van der Waals surface area contributed by atoms with Crippen molar-refractivity contribution in [1.29, 1.82) is 0 Å². The van der Waals surface area contributed by atoms with Crippen LogP contribution in [0, 0.1) is 0 Å². The predicted octanol–water partition coefficient (Wildman–Crippen LogP) is 15.4. The first-order valence-corrected chi connectivity index (χ1v) is 19.6. The number of nitrogens with zero attached hydrogens (tertiary/aromatic N) is 1. The predicted molar refractivity (Wildman–Crippen MR) is 240 cm³/mol. The van der Waals surface area contributed by atoms with E-state index < -0.39 is 0 Å². The minimum absolute atomic E-state index is 0.0517. The molecule has 0 radical (unpaired) electrons. The molecule has 264 valence electrons. The molecule has 0 aliphatic heterocycles. The molecule has 0 saturated carbocycles. The molecule has 11 rings (SSSR count). The monoisotopic (exact) mass is 713 g/mol. The van der Waals surface area contributed by atoms with Crippen molar-refractivity contribution in [1.82, 2.24) is 0 Å². The minimum Gasteiger partial charge on any atom is -0.310 e. The molecule has 0 saturated heterocycles. The van der Waals surface area contributed by atoms with Gasteiger partial charge in [-0.15, -0.1) is 0 Å². The SMILES string of the molecule is CC1(C)c2ccccc2-c2cc(N(c3ccc(-c4cccc5ccccc45)cc3)c3ccc(-c4cc5ccccc5c5ccc6ccccc6c45)cc3)ccc21. The second-order valence-electron chi connectivity index (χ2n) is 15.7. The molecule has 1 aliphatic rings. The van der Waals surface area contributed by atoms with Gasteiger partial charge < -0.3 is 4.90 Å². The molecule has 10 aromatic rings. The van der Waals surface area contributed by atoms with Gasteiger partial charge in [-0.2, -0.15) is 0 Å². The number of benzene rings is 10. The lowest BCUT2D eigenvalue weighted by Gasteiger charge is -2.27. The van der Waals surface area contributed by atoms with E-state index in [1.165, 1.54) is 87.6 Å². The third-order valence-electron chi connectivity index (χ3n) is 12.2. The van der Waals surface area contributed by atoms with E-state index in [4.69, 9.17) is 0 Å². The van der Waals surface area contributed by atoms with Gasteiger partial charge in [-0.3, -0.25) is 0 Å². The van der Waals surface area contributed by atoms with E-state index in [9.17, 15) is 0 Å². The topological polar surface area (TPSA) is 3.24 Å². The van der Waals surface area contributed by atoms with Crippen LogP contribution in [0.15, 0.2) is 200 Å². The van der Waals surface area contributed by atoms with Crippen LogP contribution in [0.3, 0.4) is 0 Å². The van der Waals surface area contributed by atoms with Gasteiger partial charge in [-0.25, -0.2) is 0 Å². The van der Waals surface area contributed by atoms with Crippen LogP contribution in [-0.4, -0.2) is 0 Å². The Bertz CT molecular complexity index is 3150. The van der Waals surface area contributed by atoms with E-state index in [1.54, 1.807) is 0 Å². The van der Waals surface area contributed by atoms with Crippen molar-refractivity contribution in [3.8, 4) is 33.4 Å². The van der Waals surface area contributed by atoms with Gasteiger partial charge in [0, 0.05) is 22.5 Å². The Hall–Kier alpha value is -6.96. The molecule has 0 N–H and O–H groups in total. The summed E-state index contributed by atoms with van der Waals surface area (Å²) in [6.07, 6.45) is 0. The van der Waals surface area contributed by atoms with Gasteiger partial charge in [0.1, 0.15) is 0 Å². The highest BCUT2D eigenvalue weighted by molar-refractivity contribution is 6.23. The molecular weight excluding hydrogens is 675 g/mol. The average molecular weight is 714 g/mol. The maximum atomic E-state index is 2.42. The van der Waals surface area contributed by atoms with E-state index in [2.05, 4.69) is 219 Å². The number of hydrogen-bond acceptors (Lipinski definition) is 1. The van der Waals surface area contributed by atoms with Crippen LogP contribution in [0.1, 0.15) is 25.0 Å². The molecule has 0 fully saturated rings. The van der Waals surface area contributed by atoms with E-state index in [-0.39, 0.29) is 5.41 Å². The Morgan fingerprint density at radius 3 is 1.61 bits per heavy atom. The Labute approximate surface area is 327 Å². The molecular formula is C55H39N. The molecule has 0 amide bonds. The fraction of sp³-hybridized carbons (Fsp3) is 0.0545. The largest absolute Gasteiger partial charge is 0.310 e. The van der Waals surface area contributed by atoms with E-state index in [0.717, 1.165) is 17.1 Å². The molecule has 0 unspecified atom stereocenters. The third kappa shape index (κ3) is 5.01. The summed E-state index contributed by atoms with van der Waals surface area (Å²) in [6, 6.07) is 74.0. The van der Waals surface area contributed by atoms with Gasteiger partial charge in [0.15, 0.2) is 0 Å². The quantitative estimate of drug-likeness (QED) is 0.161. The molecule has 56 heavy (non-hydrogen) atoms. The Kier molecular flexibility index (Phi) is 7.28. The number of anilines is 3. The molecule has 0 spiro atoms. The van der Waals surface area contributed by atoms with Crippen molar-refractivity contribution in [3.05, 3.63) is 211 Å². The van der Waals surface area contributed by atoms with Crippen molar-refractivity contribution in [2.75, 3.05) is 4.90 Å². The number of hydrogen-bond donors (Lipinski definition) is 0. The van der Waals surface area contributed by atoms with Gasteiger partial charge in [0.2, 0.25) is 0 Å².